The van der Waals surface area contributed by atoms with Crippen LogP contribution in [0.3, 0.4) is 0 Å². The number of aromatic nitrogens is 4. The summed E-state index contributed by atoms with van der Waals surface area (Å²) in [6, 6.07) is 14.5. The number of amides is 1. The highest BCUT2D eigenvalue weighted by molar-refractivity contribution is 6.04. The van der Waals surface area contributed by atoms with Crippen LogP contribution in [-0.2, 0) is 0 Å². The van der Waals surface area contributed by atoms with E-state index in [1.54, 1.807) is 36.8 Å². The summed E-state index contributed by atoms with van der Waals surface area (Å²) in [5.74, 6) is -0.339. The molecule has 134 valence electrons. The zero-order chi connectivity index (χ0) is 18.8. The van der Waals surface area contributed by atoms with Gasteiger partial charge in [0.2, 0.25) is 0 Å². The van der Waals surface area contributed by atoms with Gasteiger partial charge in [-0.05, 0) is 30.7 Å². The largest absolute Gasteiger partial charge is 0.344 e. The smallest absolute Gasteiger partial charge is 0.272 e. The van der Waals surface area contributed by atoms with Crippen LogP contribution in [-0.4, -0.2) is 25.7 Å². The van der Waals surface area contributed by atoms with Crippen molar-refractivity contribution in [1.29, 1.82) is 0 Å². The fraction of sp³-hybridized carbons (Fsp3) is 0.100. The number of hydrogen-bond acceptors (Lipinski definition) is 4. The average Bonchev–Trinajstić information content (AvgIpc) is 3.23. The van der Waals surface area contributed by atoms with Crippen LogP contribution in [0.2, 0.25) is 0 Å². The number of hydrogen-bond donors (Lipinski definition) is 2. The normalized spacial score (nSPS) is 12.0. The molecule has 4 rings (SSSR count). The monoisotopic (exact) mass is 359 g/mol. The van der Waals surface area contributed by atoms with E-state index in [1.165, 1.54) is 0 Å². The summed E-state index contributed by atoms with van der Waals surface area (Å²) in [4.78, 5) is 28.6. The van der Waals surface area contributed by atoms with Crippen molar-refractivity contribution in [1.82, 2.24) is 25.1 Å². The lowest BCUT2D eigenvalue weighted by atomic mass is 10.1. The maximum absolute atomic E-state index is 12.7. The topological polar surface area (TPSA) is 92.7 Å². The lowest BCUT2D eigenvalue weighted by Gasteiger charge is -2.15. The van der Waals surface area contributed by atoms with Gasteiger partial charge in [-0.25, -0.2) is 10.1 Å². The van der Waals surface area contributed by atoms with E-state index in [-0.39, 0.29) is 23.2 Å². The maximum atomic E-state index is 12.7. The first-order valence-electron chi connectivity index (χ1n) is 8.50. The van der Waals surface area contributed by atoms with E-state index >= 15 is 0 Å². The van der Waals surface area contributed by atoms with Gasteiger partial charge in [-0.15, -0.1) is 0 Å². The quantitative estimate of drug-likeness (QED) is 0.586. The van der Waals surface area contributed by atoms with Gasteiger partial charge in [0, 0.05) is 23.5 Å². The van der Waals surface area contributed by atoms with Crippen LogP contribution in [0.25, 0.3) is 16.5 Å². The molecule has 2 N–H and O–H groups in total. The van der Waals surface area contributed by atoms with E-state index in [1.807, 2.05) is 42.0 Å². The standard InChI is InChI=1S/C20H17N5O2/c1-13(14-6-8-15(9-7-14)25-11-10-21-12-25)22-20(27)18-16-4-2-3-5-17(16)19(26)24-23-18/h2-13H,1H3,(H,22,27)(H,24,26). The van der Waals surface area contributed by atoms with Gasteiger partial charge in [-0.3, -0.25) is 9.59 Å². The minimum Gasteiger partial charge on any atom is -0.344 e. The molecule has 0 aliphatic heterocycles. The summed E-state index contributed by atoms with van der Waals surface area (Å²) in [6.45, 7) is 1.90. The minimum absolute atomic E-state index is 0.201. The van der Waals surface area contributed by atoms with Crippen LogP contribution in [0.15, 0.2) is 72.0 Å². The number of fused-ring (bicyclic) bond motifs is 1. The summed E-state index contributed by atoms with van der Waals surface area (Å²) in [5.41, 5.74) is 1.83. The van der Waals surface area contributed by atoms with Crippen LogP contribution in [0.5, 0.6) is 0 Å². The molecule has 27 heavy (non-hydrogen) atoms. The number of nitrogens with one attached hydrogen (secondary N) is 2. The molecule has 0 fully saturated rings. The van der Waals surface area contributed by atoms with Crippen molar-refractivity contribution >= 4 is 16.7 Å². The molecule has 1 amide bonds. The minimum atomic E-state index is -0.339. The number of carbonyl (C=O) groups is 1. The van der Waals surface area contributed by atoms with Gasteiger partial charge in [0.1, 0.15) is 0 Å². The van der Waals surface area contributed by atoms with E-state index < -0.39 is 0 Å². The van der Waals surface area contributed by atoms with E-state index in [0.717, 1.165) is 11.3 Å². The third-order valence-electron chi connectivity index (χ3n) is 4.45. The molecule has 0 spiro atoms. The highest BCUT2D eigenvalue weighted by atomic mass is 16.2. The fourth-order valence-corrected chi connectivity index (χ4v) is 2.98. The van der Waals surface area contributed by atoms with Crippen molar-refractivity contribution in [2.75, 3.05) is 0 Å². The molecule has 0 saturated heterocycles. The third kappa shape index (κ3) is 3.22. The van der Waals surface area contributed by atoms with Gasteiger partial charge in [0.15, 0.2) is 5.69 Å². The van der Waals surface area contributed by atoms with Gasteiger partial charge >= 0.3 is 0 Å². The second-order valence-corrected chi connectivity index (χ2v) is 6.20. The number of carbonyl (C=O) groups excluding carboxylic acids is 1. The summed E-state index contributed by atoms with van der Waals surface area (Å²) in [7, 11) is 0. The molecule has 0 aliphatic rings. The predicted octanol–water partition coefficient (Wildman–Crippen LogP) is 2.60. The Bertz CT molecular complexity index is 1150. The summed E-state index contributed by atoms with van der Waals surface area (Å²) in [6.07, 6.45) is 5.32. The Hall–Kier alpha value is -3.74. The number of nitrogens with zero attached hydrogens (tertiary/aromatic N) is 3. The maximum Gasteiger partial charge on any atom is 0.272 e. The summed E-state index contributed by atoms with van der Waals surface area (Å²) in [5, 5.41) is 10.2. The third-order valence-corrected chi connectivity index (χ3v) is 4.45. The zero-order valence-electron chi connectivity index (χ0n) is 14.6. The van der Waals surface area contributed by atoms with Crippen LogP contribution in [0, 0.1) is 0 Å². The number of rotatable bonds is 4. The molecule has 4 aromatic rings. The number of benzene rings is 2. The van der Waals surface area contributed by atoms with Crippen LogP contribution in [0.1, 0.15) is 29.0 Å². The second kappa shape index (κ2) is 6.87. The van der Waals surface area contributed by atoms with Gasteiger partial charge < -0.3 is 9.88 Å². The molecule has 2 aromatic carbocycles. The van der Waals surface area contributed by atoms with Crippen LogP contribution >= 0.6 is 0 Å². The summed E-state index contributed by atoms with van der Waals surface area (Å²) >= 11 is 0. The number of H-pyrrole nitrogens is 1. The van der Waals surface area contributed by atoms with Gasteiger partial charge in [0.25, 0.3) is 11.5 Å². The van der Waals surface area contributed by atoms with Crippen LogP contribution < -0.4 is 10.9 Å². The molecule has 1 unspecified atom stereocenters. The molecule has 0 saturated carbocycles. The summed E-state index contributed by atoms with van der Waals surface area (Å²) < 4.78 is 1.91. The Balaban J connectivity index is 1.56. The molecule has 7 heteroatoms. The lowest BCUT2D eigenvalue weighted by Crippen LogP contribution is -2.29. The van der Waals surface area contributed by atoms with Crippen molar-refractivity contribution in [3.05, 3.63) is 88.9 Å². The number of aromatic amines is 1. The predicted molar refractivity (Wildman–Crippen MR) is 102 cm³/mol. The molecule has 0 aliphatic carbocycles. The van der Waals surface area contributed by atoms with Gasteiger partial charge in [-0.2, -0.15) is 5.10 Å². The lowest BCUT2D eigenvalue weighted by molar-refractivity contribution is 0.0935. The molecule has 0 bridgehead atoms. The van der Waals surface area contributed by atoms with Crippen molar-refractivity contribution < 1.29 is 4.79 Å². The Morgan fingerprint density at radius 1 is 1.11 bits per heavy atom. The molecule has 1 atom stereocenters. The van der Waals surface area contributed by atoms with Crippen molar-refractivity contribution in [2.24, 2.45) is 0 Å². The van der Waals surface area contributed by atoms with Crippen LogP contribution in [0.4, 0.5) is 0 Å². The molecule has 2 aromatic heterocycles. The van der Waals surface area contributed by atoms with Crippen molar-refractivity contribution in [2.45, 2.75) is 13.0 Å². The van der Waals surface area contributed by atoms with Gasteiger partial charge in [0.05, 0.1) is 17.8 Å². The SMILES string of the molecule is CC(NC(=O)c1n[nH]c(=O)c2ccccc12)c1ccc(-n2ccnc2)cc1. The Kier molecular flexibility index (Phi) is 4.25. The van der Waals surface area contributed by atoms with Gasteiger partial charge in [-0.1, -0.05) is 30.3 Å². The highest BCUT2D eigenvalue weighted by Gasteiger charge is 2.17. The second-order valence-electron chi connectivity index (χ2n) is 6.20. The molecule has 2 heterocycles. The Labute approximate surface area is 154 Å². The first kappa shape index (κ1) is 16.7. The van der Waals surface area contributed by atoms with E-state index in [4.69, 9.17) is 0 Å². The van der Waals surface area contributed by atoms with Crippen molar-refractivity contribution in [3.63, 3.8) is 0 Å². The molecule has 7 nitrogen and oxygen atoms in total. The first-order chi connectivity index (χ1) is 13.1. The van der Waals surface area contributed by atoms with E-state index in [9.17, 15) is 9.59 Å². The average molecular weight is 359 g/mol. The molecular weight excluding hydrogens is 342 g/mol. The highest BCUT2D eigenvalue weighted by Crippen LogP contribution is 2.18. The van der Waals surface area contributed by atoms with Crippen molar-refractivity contribution in [3.8, 4) is 5.69 Å². The Morgan fingerprint density at radius 3 is 2.56 bits per heavy atom. The molecule has 0 radical (unpaired) electrons. The fourth-order valence-electron chi connectivity index (χ4n) is 2.98. The number of imidazole rings is 1. The zero-order valence-corrected chi connectivity index (χ0v) is 14.6. The van der Waals surface area contributed by atoms with E-state index in [2.05, 4.69) is 20.5 Å². The van der Waals surface area contributed by atoms with E-state index in [0.29, 0.717) is 10.8 Å². The Morgan fingerprint density at radius 2 is 1.85 bits per heavy atom. The molecular formula is C20H17N5O2. The first-order valence-corrected chi connectivity index (χ1v) is 8.50.